The van der Waals surface area contributed by atoms with Crippen molar-refractivity contribution in [3.63, 3.8) is 0 Å². The van der Waals surface area contributed by atoms with Crippen LogP contribution < -0.4 is 10.2 Å². The maximum atomic E-state index is 12.5. The van der Waals surface area contributed by atoms with Gasteiger partial charge in [-0.15, -0.1) is 0 Å². The molecule has 0 unspecified atom stereocenters. The SMILES string of the molecule is C[C@@H](C(=O)NC[C@@](C)(O)c1ccsc1)N1CCc2ccccc21. The van der Waals surface area contributed by atoms with Crippen LogP contribution >= 0.6 is 11.3 Å². The van der Waals surface area contributed by atoms with Gasteiger partial charge in [-0.2, -0.15) is 11.3 Å². The van der Waals surface area contributed by atoms with Crippen molar-refractivity contribution in [3.8, 4) is 0 Å². The highest BCUT2D eigenvalue weighted by molar-refractivity contribution is 7.08. The average Bonchev–Trinajstić information content (AvgIpc) is 3.21. The summed E-state index contributed by atoms with van der Waals surface area (Å²) in [4.78, 5) is 14.6. The summed E-state index contributed by atoms with van der Waals surface area (Å²) in [6, 6.07) is 9.84. The molecule has 1 aliphatic heterocycles. The van der Waals surface area contributed by atoms with Crippen molar-refractivity contribution >= 4 is 22.9 Å². The topological polar surface area (TPSA) is 52.6 Å². The number of para-hydroxylation sites is 1. The molecule has 2 heterocycles. The number of anilines is 1. The third kappa shape index (κ3) is 3.26. The van der Waals surface area contributed by atoms with Gasteiger partial charge in [0.25, 0.3) is 0 Å². The number of nitrogens with zero attached hydrogens (tertiary/aromatic N) is 1. The fourth-order valence-corrected chi connectivity index (χ4v) is 3.77. The van der Waals surface area contributed by atoms with Gasteiger partial charge in [-0.1, -0.05) is 18.2 Å². The molecule has 2 aromatic rings. The minimum absolute atomic E-state index is 0.0581. The zero-order chi connectivity index (χ0) is 16.4. The molecule has 2 atom stereocenters. The van der Waals surface area contributed by atoms with Crippen LogP contribution in [0.2, 0.25) is 0 Å². The van der Waals surface area contributed by atoms with Crippen LogP contribution in [0.5, 0.6) is 0 Å². The Morgan fingerprint density at radius 2 is 2.22 bits per heavy atom. The molecule has 1 aliphatic rings. The molecule has 3 rings (SSSR count). The summed E-state index contributed by atoms with van der Waals surface area (Å²) in [5.74, 6) is -0.0581. The van der Waals surface area contributed by atoms with Gasteiger partial charge in [-0.05, 0) is 54.3 Å². The van der Waals surface area contributed by atoms with Crippen molar-refractivity contribution in [1.29, 1.82) is 0 Å². The number of amides is 1. The summed E-state index contributed by atoms with van der Waals surface area (Å²) >= 11 is 1.54. The van der Waals surface area contributed by atoms with Crippen LogP contribution in [0, 0.1) is 0 Å². The Hall–Kier alpha value is -1.85. The highest BCUT2D eigenvalue weighted by Crippen LogP contribution is 2.29. The molecule has 0 saturated heterocycles. The number of hydrogen-bond acceptors (Lipinski definition) is 4. The lowest BCUT2D eigenvalue weighted by Crippen LogP contribution is -2.48. The zero-order valence-corrected chi connectivity index (χ0v) is 14.3. The summed E-state index contributed by atoms with van der Waals surface area (Å²) in [5.41, 5.74) is 2.22. The molecular weight excluding hydrogens is 308 g/mol. The van der Waals surface area contributed by atoms with Crippen molar-refractivity contribution in [2.24, 2.45) is 0 Å². The van der Waals surface area contributed by atoms with E-state index in [0.717, 1.165) is 24.2 Å². The van der Waals surface area contributed by atoms with Crippen molar-refractivity contribution in [2.75, 3.05) is 18.0 Å². The molecule has 1 aromatic heterocycles. The van der Waals surface area contributed by atoms with Gasteiger partial charge in [0.05, 0.1) is 6.54 Å². The first-order valence-electron chi connectivity index (χ1n) is 7.86. The van der Waals surface area contributed by atoms with Crippen molar-refractivity contribution in [3.05, 3.63) is 52.2 Å². The fraction of sp³-hybridized carbons (Fsp3) is 0.389. The quantitative estimate of drug-likeness (QED) is 0.886. The maximum absolute atomic E-state index is 12.5. The first kappa shape index (κ1) is 16.0. The lowest BCUT2D eigenvalue weighted by molar-refractivity contribution is -0.123. The second kappa shape index (κ2) is 6.34. The van der Waals surface area contributed by atoms with Crippen LogP contribution in [0.1, 0.15) is 25.0 Å². The molecule has 4 nitrogen and oxygen atoms in total. The van der Waals surface area contributed by atoms with Crippen LogP contribution in [0.3, 0.4) is 0 Å². The number of hydrogen-bond donors (Lipinski definition) is 2. The standard InChI is InChI=1S/C18H22N2O2S/c1-13(20-9-7-14-5-3-4-6-16(14)20)17(21)19-12-18(2,22)15-8-10-23-11-15/h3-6,8,10-11,13,22H,7,9,12H2,1-2H3,(H,19,21)/t13-,18+/m0/s1. The Kier molecular flexibility index (Phi) is 4.41. The van der Waals surface area contributed by atoms with E-state index < -0.39 is 5.60 Å². The maximum Gasteiger partial charge on any atom is 0.242 e. The van der Waals surface area contributed by atoms with Gasteiger partial charge in [0.1, 0.15) is 11.6 Å². The van der Waals surface area contributed by atoms with Crippen LogP contribution in [0.25, 0.3) is 0 Å². The van der Waals surface area contributed by atoms with E-state index in [-0.39, 0.29) is 18.5 Å². The Balaban J connectivity index is 1.63. The number of carbonyl (C=O) groups is 1. The monoisotopic (exact) mass is 330 g/mol. The third-order valence-corrected chi connectivity index (χ3v) is 5.20. The molecule has 2 N–H and O–H groups in total. The molecule has 0 fully saturated rings. The fourth-order valence-electron chi connectivity index (χ4n) is 2.99. The van der Waals surface area contributed by atoms with Crippen LogP contribution in [0.4, 0.5) is 5.69 Å². The minimum atomic E-state index is -1.04. The molecule has 0 bridgehead atoms. The summed E-state index contributed by atoms with van der Waals surface area (Å²) in [7, 11) is 0. The van der Waals surface area contributed by atoms with Gasteiger partial charge in [0.15, 0.2) is 0 Å². The number of thiophene rings is 1. The van der Waals surface area contributed by atoms with Gasteiger partial charge in [-0.25, -0.2) is 0 Å². The minimum Gasteiger partial charge on any atom is -0.384 e. The number of fused-ring (bicyclic) bond motifs is 1. The first-order chi connectivity index (χ1) is 11.0. The number of benzene rings is 1. The van der Waals surface area contributed by atoms with Crippen LogP contribution in [-0.4, -0.2) is 30.1 Å². The number of nitrogens with one attached hydrogen (secondary N) is 1. The van der Waals surface area contributed by atoms with Crippen molar-refractivity contribution in [2.45, 2.75) is 31.9 Å². The summed E-state index contributed by atoms with van der Waals surface area (Å²) in [5, 5.41) is 17.2. The number of carbonyl (C=O) groups excluding carboxylic acids is 1. The van der Waals surface area contributed by atoms with Crippen LogP contribution in [0.15, 0.2) is 41.1 Å². The molecule has 0 aliphatic carbocycles. The normalized spacial score (nSPS) is 17.4. The second-order valence-electron chi connectivity index (χ2n) is 6.25. The van der Waals surface area contributed by atoms with E-state index in [4.69, 9.17) is 0 Å². The Morgan fingerprint density at radius 3 is 2.96 bits per heavy atom. The Bertz CT molecular complexity index is 682. The van der Waals surface area contributed by atoms with Crippen molar-refractivity contribution < 1.29 is 9.90 Å². The molecule has 0 saturated carbocycles. The van der Waals surface area contributed by atoms with E-state index in [1.165, 1.54) is 16.9 Å². The summed E-state index contributed by atoms with van der Waals surface area (Å²) in [6.07, 6.45) is 0.973. The van der Waals surface area contributed by atoms with E-state index in [9.17, 15) is 9.90 Å². The van der Waals surface area contributed by atoms with E-state index in [1.54, 1.807) is 6.92 Å². The highest BCUT2D eigenvalue weighted by atomic mass is 32.1. The number of aliphatic hydroxyl groups is 1. The predicted octanol–water partition coefficient (Wildman–Crippen LogP) is 2.52. The first-order valence-corrected chi connectivity index (χ1v) is 8.80. The molecule has 23 heavy (non-hydrogen) atoms. The van der Waals surface area contributed by atoms with E-state index in [0.29, 0.717) is 0 Å². The third-order valence-electron chi connectivity index (χ3n) is 4.52. The molecular formula is C18H22N2O2S. The van der Waals surface area contributed by atoms with Gasteiger partial charge in [-0.3, -0.25) is 4.79 Å². The van der Waals surface area contributed by atoms with Crippen molar-refractivity contribution in [1.82, 2.24) is 5.32 Å². The van der Waals surface area contributed by atoms with E-state index >= 15 is 0 Å². The molecule has 1 amide bonds. The Labute approximate surface area is 140 Å². The lowest BCUT2D eigenvalue weighted by Gasteiger charge is -2.28. The van der Waals surface area contributed by atoms with Crippen LogP contribution in [-0.2, 0) is 16.8 Å². The van der Waals surface area contributed by atoms with Gasteiger partial charge in [0.2, 0.25) is 5.91 Å². The molecule has 0 spiro atoms. The highest BCUT2D eigenvalue weighted by Gasteiger charge is 2.29. The van der Waals surface area contributed by atoms with Gasteiger partial charge >= 0.3 is 0 Å². The summed E-state index contributed by atoms with van der Waals surface area (Å²) < 4.78 is 0. The molecule has 1 aromatic carbocycles. The van der Waals surface area contributed by atoms with Gasteiger partial charge in [0, 0.05) is 12.2 Å². The Morgan fingerprint density at radius 1 is 1.43 bits per heavy atom. The zero-order valence-electron chi connectivity index (χ0n) is 13.5. The average molecular weight is 330 g/mol. The second-order valence-corrected chi connectivity index (χ2v) is 7.03. The van der Waals surface area contributed by atoms with E-state index in [1.807, 2.05) is 35.9 Å². The smallest absolute Gasteiger partial charge is 0.242 e. The largest absolute Gasteiger partial charge is 0.384 e. The lowest BCUT2D eigenvalue weighted by atomic mass is 9.99. The number of rotatable bonds is 5. The summed E-state index contributed by atoms with van der Waals surface area (Å²) in [6.45, 7) is 4.71. The molecule has 122 valence electrons. The molecule has 5 heteroatoms. The van der Waals surface area contributed by atoms with E-state index in [2.05, 4.69) is 22.3 Å². The van der Waals surface area contributed by atoms with Gasteiger partial charge < -0.3 is 15.3 Å². The predicted molar refractivity (Wildman–Crippen MR) is 93.9 cm³/mol. The molecule has 0 radical (unpaired) electrons.